The Hall–Kier alpha value is 3.29. The first kappa shape index (κ1) is 70.8. The molecule has 0 aromatic carbocycles. The van der Waals surface area contributed by atoms with E-state index in [0.29, 0.717) is 0 Å². The first-order valence-corrected chi connectivity index (χ1v) is 25.6. The summed E-state index contributed by atoms with van der Waals surface area (Å²) < 4.78 is 0. The monoisotopic (exact) mass is 1070 g/mol. The van der Waals surface area contributed by atoms with Gasteiger partial charge in [0.15, 0.2) is 0 Å². The molecule has 4 rings (SSSR count). The van der Waals surface area contributed by atoms with E-state index in [1.54, 1.807) is 0 Å². The minimum Gasteiger partial charge on any atom is -0.107 e. The summed E-state index contributed by atoms with van der Waals surface area (Å²) in [5.41, 5.74) is 0. The third-order valence-corrected chi connectivity index (χ3v) is 9.37. The van der Waals surface area contributed by atoms with Gasteiger partial charge in [-0.15, -0.1) is 24.0 Å². The van der Waals surface area contributed by atoms with Crippen LogP contribution in [0.1, 0.15) is 228 Å². The van der Waals surface area contributed by atoms with Gasteiger partial charge in [-0.2, -0.15) is 0 Å². The Morgan fingerprint density at radius 2 is 0.413 bits per heavy atom. The third-order valence-electron chi connectivity index (χ3n) is 9.37. The van der Waals surface area contributed by atoms with Crippen molar-refractivity contribution in [2.24, 2.45) is 47.3 Å². The van der Waals surface area contributed by atoms with Crippen molar-refractivity contribution in [1.29, 1.82) is 0 Å². The van der Waals surface area contributed by atoms with Crippen LogP contribution in [0.25, 0.3) is 0 Å². The van der Waals surface area contributed by atoms with E-state index in [9.17, 15) is 0 Å². The van der Waals surface area contributed by atoms with E-state index in [2.05, 4.69) is 92.6 Å². The van der Waals surface area contributed by atoms with Gasteiger partial charge < -0.3 is 0 Å². The SMILES string of the molecule is C.C.CC.CC.CC.CC.CC(C)C1CCCC1.CC(C)C1CCCC1.CC(C)C1CCCC1.CC(C)C1CCCC1.I.II.[Y]. The molecule has 0 spiro atoms. The third kappa shape index (κ3) is 45.3. The molecule has 0 aliphatic heterocycles. The number of rotatable bonds is 4. The van der Waals surface area contributed by atoms with E-state index in [0.717, 1.165) is 47.3 Å². The van der Waals surface area contributed by atoms with Crippen LogP contribution in [0.15, 0.2) is 0 Å². The van der Waals surface area contributed by atoms with Crippen molar-refractivity contribution in [3.8, 4) is 0 Å². The van der Waals surface area contributed by atoms with E-state index < -0.39 is 0 Å². The molecule has 1 radical (unpaired) electrons. The Labute approximate surface area is 365 Å². The minimum absolute atomic E-state index is 0. The summed E-state index contributed by atoms with van der Waals surface area (Å²) in [7, 11) is 0. The van der Waals surface area contributed by atoms with Crippen LogP contribution in [0.3, 0.4) is 0 Å². The molecule has 0 unspecified atom stereocenters. The van der Waals surface area contributed by atoms with Gasteiger partial charge in [0.2, 0.25) is 0 Å². The zero-order chi connectivity index (χ0) is 33.9. The summed E-state index contributed by atoms with van der Waals surface area (Å²) in [4.78, 5) is 0. The van der Waals surface area contributed by atoms with Crippen molar-refractivity contribution in [2.75, 3.05) is 0 Å². The molecular weight excluding hydrogens is 974 g/mol. The van der Waals surface area contributed by atoms with Gasteiger partial charge in [-0.05, 0) is 47.3 Å². The van der Waals surface area contributed by atoms with E-state index in [4.69, 9.17) is 0 Å². The first-order valence-electron chi connectivity index (χ1n) is 19.4. The maximum absolute atomic E-state index is 2.34. The largest absolute Gasteiger partial charge is 0.107 e. The van der Waals surface area contributed by atoms with Crippen LogP contribution < -0.4 is 0 Å². The van der Waals surface area contributed by atoms with Gasteiger partial charge in [-0.3, -0.25) is 0 Å². The fourth-order valence-electron chi connectivity index (χ4n) is 6.50. The van der Waals surface area contributed by atoms with Gasteiger partial charge >= 0.3 is 0 Å². The van der Waals surface area contributed by atoms with Crippen LogP contribution in [0.4, 0.5) is 0 Å². The fraction of sp³-hybridized carbons (Fsp3) is 1.00. The minimum atomic E-state index is 0. The fourth-order valence-corrected chi connectivity index (χ4v) is 6.50. The predicted octanol–water partition coefficient (Wildman–Crippen LogP) is 19.1. The van der Waals surface area contributed by atoms with Crippen LogP contribution in [0, 0.1) is 47.3 Å². The molecule has 0 nitrogen and oxygen atoms in total. The molecule has 0 saturated heterocycles. The molecule has 0 bridgehead atoms. The van der Waals surface area contributed by atoms with Crippen LogP contribution in [-0.2, 0) is 32.7 Å². The van der Waals surface area contributed by atoms with Crippen LogP contribution in [0.2, 0.25) is 0 Å². The maximum atomic E-state index is 2.34. The van der Waals surface area contributed by atoms with Crippen LogP contribution in [0.5, 0.6) is 0 Å². The second kappa shape index (κ2) is 57.6. The van der Waals surface area contributed by atoms with E-state index in [1.807, 2.05) is 55.4 Å². The Kier molecular flexibility index (Phi) is 88.7. The molecule has 4 heteroatoms. The van der Waals surface area contributed by atoms with Crippen LogP contribution in [-0.4, -0.2) is 0 Å². The molecule has 289 valence electrons. The maximum Gasteiger partial charge on any atom is 0 e. The van der Waals surface area contributed by atoms with E-state index in [1.165, 1.54) is 103 Å². The molecule has 0 aromatic heterocycles. The van der Waals surface area contributed by atoms with Gasteiger partial charge in [0.1, 0.15) is 0 Å². The Morgan fingerprint density at radius 1 is 0.326 bits per heavy atom. The molecule has 0 aromatic rings. The quantitative estimate of drug-likeness (QED) is 0.246. The molecule has 0 heterocycles. The molecule has 4 saturated carbocycles. The second-order valence-corrected chi connectivity index (χ2v) is 13.2. The van der Waals surface area contributed by atoms with Gasteiger partial charge in [0, 0.05) is 69.9 Å². The topological polar surface area (TPSA) is 0 Å². The molecule has 0 amide bonds. The van der Waals surface area contributed by atoms with E-state index >= 15 is 0 Å². The van der Waals surface area contributed by atoms with Crippen molar-refractivity contribution >= 4 is 61.2 Å². The summed E-state index contributed by atoms with van der Waals surface area (Å²) in [5.74, 6) is 8.03. The summed E-state index contributed by atoms with van der Waals surface area (Å²) >= 11 is 4.24. The molecule has 4 aliphatic carbocycles. The van der Waals surface area contributed by atoms with E-state index in [-0.39, 0.29) is 71.5 Å². The smallest absolute Gasteiger partial charge is 0 e. The molecule has 4 aliphatic rings. The second-order valence-electron chi connectivity index (χ2n) is 13.2. The zero-order valence-corrected chi connectivity index (χ0v) is 43.2. The average Bonchev–Trinajstić information content (AvgIpc) is 3.87. The average molecular weight is 1070 g/mol. The van der Waals surface area contributed by atoms with Crippen molar-refractivity contribution < 1.29 is 32.7 Å². The molecule has 0 atom stereocenters. The van der Waals surface area contributed by atoms with Crippen molar-refractivity contribution in [3.05, 3.63) is 0 Å². The summed E-state index contributed by atoms with van der Waals surface area (Å²) in [6, 6.07) is 0. The first-order chi connectivity index (χ1) is 20.2. The summed E-state index contributed by atoms with van der Waals surface area (Å²) in [6.07, 6.45) is 23.9. The zero-order valence-electron chi connectivity index (χ0n) is 33.7. The Bertz CT molecular complexity index is 337. The number of hydrogen-bond acceptors (Lipinski definition) is 0. The summed E-state index contributed by atoms with van der Waals surface area (Å²) in [6.45, 7) is 34.7. The van der Waals surface area contributed by atoms with Gasteiger partial charge in [-0.1, -0.05) is 228 Å². The van der Waals surface area contributed by atoms with Crippen molar-refractivity contribution in [2.45, 2.75) is 228 Å². The standard InChI is InChI=1S/4C8H16.4C2H6.2CH4.I2.HI.Y/c4*1-7(2)8-5-3-4-6-8;4*1-2;;;1-2;;/h4*7-8H,3-6H2,1-2H3;4*1-2H3;2*1H4;;1H;. The molecule has 4 fully saturated rings. The normalized spacial score (nSPS) is 16.6. The number of hydrogen-bond donors (Lipinski definition) is 0. The van der Waals surface area contributed by atoms with Crippen molar-refractivity contribution in [3.63, 3.8) is 0 Å². The van der Waals surface area contributed by atoms with Gasteiger partial charge in [-0.25, -0.2) is 0 Å². The molecule has 0 N–H and O–H groups in total. The van der Waals surface area contributed by atoms with Gasteiger partial charge in [0.05, 0.1) is 0 Å². The molecular formula is C42H97I3Y. The predicted molar refractivity (Wildman–Crippen MR) is 249 cm³/mol. The summed E-state index contributed by atoms with van der Waals surface area (Å²) in [5, 5.41) is 0. The Morgan fingerprint density at radius 3 is 0.457 bits per heavy atom. The van der Waals surface area contributed by atoms with Crippen molar-refractivity contribution in [1.82, 2.24) is 0 Å². The Balaban J connectivity index is -0.0000000505. The molecule has 46 heavy (non-hydrogen) atoms. The van der Waals surface area contributed by atoms with Crippen LogP contribution >= 0.6 is 61.2 Å². The van der Waals surface area contributed by atoms with Gasteiger partial charge in [0.25, 0.3) is 0 Å². The number of halogens is 3.